The minimum absolute atomic E-state index is 0.605. The number of hydrogen-bond acceptors (Lipinski definition) is 5. The van der Waals surface area contributed by atoms with Crippen molar-refractivity contribution in [3.63, 3.8) is 0 Å². The van der Waals surface area contributed by atoms with E-state index in [0.717, 1.165) is 16.9 Å². The lowest BCUT2D eigenvalue weighted by Gasteiger charge is -2.08. The lowest BCUT2D eigenvalue weighted by atomic mass is 10.1. The Morgan fingerprint density at radius 3 is 2.62 bits per heavy atom. The van der Waals surface area contributed by atoms with E-state index in [1.54, 1.807) is 11.0 Å². The van der Waals surface area contributed by atoms with Gasteiger partial charge >= 0.3 is 0 Å². The smallest absolute Gasteiger partial charge is 0.143 e. The van der Waals surface area contributed by atoms with Crippen molar-refractivity contribution >= 4 is 5.69 Å². The molecule has 6 nitrogen and oxygen atoms in total. The van der Waals surface area contributed by atoms with Crippen LogP contribution in [0.2, 0.25) is 0 Å². The topological polar surface area (TPSA) is 79.4 Å². The summed E-state index contributed by atoms with van der Waals surface area (Å²) >= 11 is 0. The number of rotatable bonds is 4. The maximum absolute atomic E-state index is 9.06. The molecular formula is C15H12N6. The molecule has 0 saturated carbocycles. The Hall–Kier alpha value is -3.20. The number of benzene rings is 2. The molecule has 0 radical (unpaired) electrons. The van der Waals surface area contributed by atoms with E-state index < -0.39 is 0 Å². The van der Waals surface area contributed by atoms with Crippen molar-refractivity contribution in [2.24, 2.45) is 0 Å². The number of nitrogens with one attached hydrogen (secondary N) is 1. The molecule has 0 bridgehead atoms. The molecule has 0 fully saturated rings. The van der Waals surface area contributed by atoms with Gasteiger partial charge in [0.25, 0.3) is 0 Å². The van der Waals surface area contributed by atoms with Crippen LogP contribution in [0.4, 0.5) is 5.69 Å². The van der Waals surface area contributed by atoms with E-state index >= 15 is 0 Å². The molecule has 3 rings (SSSR count). The minimum atomic E-state index is 0.605. The number of nitriles is 1. The van der Waals surface area contributed by atoms with E-state index in [1.807, 2.05) is 48.5 Å². The van der Waals surface area contributed by atoms with Crippen LogP contribution in [0.1, 0.15) is 11.1 Å². The van der Waals surface area contributed by atoms with Crippen molar-refractivity contribution < 1.29 is 0 Å². The van der Waals surface area contributed by atoms with Crippen molar-refractivity contribution in [1.29, 1.82) is 5.26 Å². The zero-order chi connectivity index (χ0) is 14.5. The Kier molecular flexibility index (Phi) is 3.56. The third kappa shape index (κ3) is 2.87. The molecule has 3 aromatic rings. The molecule has 1 N–H and O–H groups in total. The summed E-state index contributed by atoms with van der Waals surface area (Å²) in [6.07, 6.45) is 1.55. The van der Waals surface area contributed by atoms with Crippen LogP contribution in [0, 0.1) is 11.3 Å². The maximum atomic E-state index is 9.06. The summed E-state index contributed by atoms with van der Waals surface area (Å²) in [5.74, 6) is 0. The van der Waals surface area contributed by atoms with E-state index in [4.69, 9.17) is 5.26 Å². The molecule has 0 unspecified atom stereocenters. The number of anilines is 1. The fourth-order valence-corrected chi connectivity index (χ4v) is 1.99. The second-order valence-electron chi connectivity index (χ2n) is 4.42. The van der Waals surface area contributed by atoms with Crippen LogP contribution in [0.3, 0.4) is 0 Å². The number of tetrazole rings is 1. The Morgan fingerprint density at radius 2 is 1.90 bits per heavy atom. The highest BCUT2D eigenvalue weighted by Crippen LogP contribution is 2.14. The molecule has 0 aliphatic heterocycles. The molecule has 0 spiro atoms. The van der Waals surface area contributed by atoms with Gasteiger partial charge in [-0.25, -0.2) is 4.68 Å². The van der Waals surface area contributed by atoms with E-state index in [1.165, 1.54) is 0 Å². The molecule has 2 aromatic carbocycles. The van der Waals surface area contributed by atoms with Gasteiger partial charge < -0.3 is 5.32 Å². The molecular weight excluding hydrogens is 264 g/mol. The van der Waals surface area contributed by atoms with Crippen LogP contribution < -0.4 is 5.32 Å². The monoisotopic (exact) mass is 276 g/mol. The van der Waals surface area contributed by atoms with Gasteiger partial charge in [0, 0.05) is 12.2 Å². The quantitative estimate of drug-likeness (QED) is 0.789. The zero-order valence-corrected chi connectivity index (χ0v) is 11.1. The lowest BCUT2D eigenvalue weighted by molar-refractivity contribution is 0.789. The third-order valence-electron chi connectivity index (χ3n) is 3.10. The SMILES string of the molecule is N#Cc1ccccc1CNc1ccc(-n2cnnn2)cc1. The first-order chi connectivity index (χ1) is 10.4. The molecule has 0 aliphatic carbocycles. The highest BCUT2D eigenvalue weighted by Gasteiger charge is 2.01. The molecule has 6 heteroatoms. The predicted molar refractivity (Wildman–Crippen MR) is 77.6 cm³/mol. The van der Waals surface area contributed by atoms with Crippen LogP contribution in [0.25, 0.3) is 5.69 Å². The molecule has 1 heterocycles. The minimum Gasteiger partial charge on any atom is -0.381 e. The second-order valence-corrected chi connectivity index (χ2v) is 4.42. The molecule has 0 aliphatic rings. The van der Waals surface area contributed by atoms with Gasteiger partial charge in [-0.1, -0.05) is 18.2 Å². The number of nitrogens with zero attached hydrogens (tertiary/aromatic N) is 5. The lowest BCUT2D eigenvalue weighted by Crippen LogP contribution is -2.02. The predicted octanol–water partition coefficient (Wildman–Crippen LogP) is 2.15. The van der Waals surface area contributed by atoms with E-state index in [9.17, 15) is 0 Å². The van der Waals surface area contributed by atoms with Crippen LogP contribution in [-0.4, -0.2) is 20.2 Å². The third-order valence-corrected chi connectivity index (χ3v) is 3.10. The average Bonchev–Trinajstić information content (AvgIpc) is 3.08. The van der Waals surface area contributed by atoms with Gasteiger partial charge in [-0.3, -0.25) is 0 Å². The molecule has 0 saturated heterocycles. The normalized spacial score (nSPS) is 10.0. The van der Waals surface area contributed by atoms with Crippen LogP contribution in [-0.2, 0) is 6.54 Å². The summed E-state index contributed by atoms with van der Waals surface area (Å²) in [6, 6.07) is 17.5. The number of aromatic nitrogens is 4. The first-order valence-corrected chi connectivity index (χ1v) is 6.42. The largest absolute Gasteiger partial charge is 0.381 e. The van der Waals surface area contributed by atoms with Crippen molar-refractivity contribution in [3.8, 4) is 11.8 Å². The van der Waals surface area contributed by atoms with Crippen LogP contribution in [0.15, 0.2) is 54.9 Å². The standard InChI is InChI=1S/C15H12N6/c16-9-12-3-1-2-4-13(12)10-17-14-5-7-15(8-6-14)21-11-18-19-20-21/h1-8,11,17H,10H2. The summed E-state index contributed by atoms with van der Waals surface area (Å²) in [4.78, 5) is 0. The Labute approximate surface area is 121 Å². The fraction of sp³-hybridized carbons (Fsp3) is 0.0667. The summed E-state index contributed by atoms with van der Waals surface area (Å²) in [6.45, 7) is 0.605. The zero-order valence-electron chi connectivity index (χ0n) is 11.1. The summed E-state index contributed by atoms with van der Waals surface area (Å²) in [7, 11) is 0. The van der Waals surface area contributed by atoms with E-state index in [2.05, 4.69) is 26.9 Å². The van der Waals surface area contributed by atoms with Crippen molar-refractivity contribution in [2.75, 3.05) is 5.32 Å². The molecule has 1 aromatic heterocycles. The van der Waals surface area contributed by atoms with Gasteiger partial charge in [-0.15, -0.1) is 5.10 Å². The molecule has 102 valence electrons. The van der Waals surface area contributed by atoms with Gasteiger partial charge in [0.15, 0.2) is 0 Å². The number of hydrogen-bond donors (Lipinski definition) is 1. The maximum Gasteiger partial charge on any atom is 0.143 e. The first-order valence-electron chi connectivity index (χ1n) is 6.42. The van der Waals surface area contributed by atoms with Gasteiger partial charge in [0.05, 0.1) is 17.3 Å². The fourth-order valence-electron chi connectivity index (χ4n) is 1.99. The highest BCUT2D eigenvalue weighted by molar-refractivity contribution is 5.49. The van der Waals surface area contributed by atoms with Crippen LogP contribution >= 0.6 is 0 Å². The van der Waals surface area contributed by atoms with Gasteiger partial charge in [0.2, 0.25) is 0 Å². The van der Waals surface area contributed by atoms with Gasteiger partial charge in [-0.2, -0.15) is 5.26 Å². The average molecular weight is 276 g/mol. The van der Waals surface area contributed by atoms with Gasteiger partial charge in [0.1, 0.15) is 6.33 Å². The molecule has 0 atom stereocenters. The summed E-state index contributed by atoms with van der Waals surface area (Å²) < 4.78 is 1.59. The van der Waals surface area contributed by atoms with E-state index in [0.29, 0.717) is 12.1 Å². The second kappa shape index (κ2) is 5.84. The van der Waals surface area contributed by atoms with Gasteiger partial charge in [-0.05, 0) is 46.3 Å². The Balaban J connectivity index is 1.70. The van der Waals surface area contributed by atoms with E-state index in [-0.39, 0.29) is 0 Å². The van der Waals surface area contributed by atoms with Crippen molar-refractivity contribution in [2.45, 2.75) is 6.54 Å². The highest BCUT2D eigenvalue weighted by atomic mass is 15.5. The molecule has 0 amide bonds. The molecule has 21 heavy (non-hydrogen) atoms. The summed E-state index contributed by atoms with van der Waals surface area (Å²) in [5.41, 5.74) is 3.53. The van der Waals surface area contributed by atoms with Crippen LogP contribution in [0.5, 0.6) is 0 Å². The van der Waals surface area contributed by atoms with Crippen molar-refractivity contribution in [3.05, 3.63) is 66.0 Å². The Bertz CT molecular complexity index is 756. The summed E-state index contributed by atoms with van der Waals surface area (Å²) in [5, 5.41) is 23.4. The first kappa shape index (κ1) is 12.8. The van der Waals surface area contributed by atoms with Crippen molar-refractivity contribution in [1.82, 2.24) is 20.2 Å². The Morgan fingerprint density at radius 1 is 1.10 bits per heavy atom.